The van der Waals surface area contributed by atoms with Crippen molar-refractivity contribution in [1.29, 1.82) is 0 Å². The first-order valence-corrected chi connectivity index (χ1v) is 10.8. The summed E-state index contributed by atoms with van der Waals surface area (Å²) in [5.74, 6) is -0.431. The van der Waals surface area contributed by atoms with Crippen LogP contribution in [0.4, 0.5) is 0 Å². The third-order valence-electron chi connectivity index (χ3n) is 6.75. The number of carbonyl (C=O) groups is 2. The summed E-state index contributed by atoms with van der Waals surface area (Å²) in [5, 5.41) is 2.07. The van der Waals surface area contributed by atoms with Gasteiger partial charge < -0.3 is 0 Å². The predicted molar refractivity (Wildman–Crippen MR) is 121 cm³/mol. The number of rotatable bonds is 3. The van der Waals surface area contributed by atoms with E-state index in [-0.39, 0.29) is 17.5 Å². The van der Waals surface area contributed by atoms with Crippen molar-refractivity contribution >= 4 is 38.3 Å². The van der Waals surface area contributed by atoms with Crippen molar-refractivity contribution in [2.45, 2.75) is 11.3 Å². The van der Waals surface area contributed by atoms with Gasteiger partial charge in [-0.3, -0.25) is 9.59 Å². The van der Waals surface area contributed by atoms with E-state index in [9.17, 15) is 9.59 Å². The Morgan fingerprint density at radius 3 is 2.23 bits per heavy atom. The fourth-order valence-corrected chi connectivity index (χ4v) is 5.76. The Labute approximate surface area is 182 Å². The standard InChI is InChI=1S/C27H17BrO2/c28-19-14-12-18(13-15-19)25(29)24-23(17-6-2-1-3-7-17)27(24)21-11-5-9-16-8-4-10-20(22(16)21)26(27)30/h1-15,23-24H/t23-,24-,27+/m0/s1. The van der Waals surface area contributed by atoms with Crippen LogP contribution >= 0.6 is 15.9 Å². The van der Waals surface area contributed by atoms with Crippen LogP contribution < -0.4 is 0 Å². The van der Waals surface area contributed by atoms with E-state index in [2.05, 4.69) is 15.9 Å². The number of carbonyl (C=O) groups excluding carboxylic acids is 2. The quantitative estimate of drug-likeness (QED) is 0.340. The molecule has 144 valence electrons. The molecule has 3 atom stereocenters. The van der Waals surface area contributed by atoms with Gasteiger partial charge in [0.1, 0.15) is 0 Å². The van der Waals surface area contributed by atoms with Crippen molar-refractivity contribution in [1.82, 2.24) is 0 Å². The summed E-state index contributed by atoms with van der Waals surface area (Å²) < 4.78 is 0.929. The molecule has 0 aliphatic heterocycles. The van der Waals surface area contributed by atoms with Crippen molar-refractivity contribution in [2.24, 2.45) is 5.92 Å². The second-order valence-corrected chi connectivity index (χ2v) is 9.06. The summed E-state index contributed by atoms with van der Waals surface area (Å²) in [6, 6.07) is 29.4. The smallest absolute Gasteiger partial charge is 0.175 e. The Hall–Kier alpha value is -3.04. The molecule has 0 unspecified atom stereocenters. The molecule has 0 aromatic heterocycles. The van der Waals surface area contributed by atoms with Gasteiger partial charge in [-0.2, -0.15) is 0 Å². The second-order valence-electron chi connectivity index (χ2n) is 8.14. The maximum absolute atomic E-state index is 13.9. The Balaban J connectivity index is 1.58. The topological polar surface area (TPSA) is 34.1 Å². The zero-order valence-electron chi connectivity index (χ0n) is 16.0. The fourth-order valence-electron chi connectivity index (χ4n) is 5.49. The first-order valence-electron chi connectivity index (χ1n) is 10.1. The highest BCUT2D eigenvalue weighted by molar-refractivity contribution is 9.10. The largest absolute Gasteiger partial charge is 0.294 e. The molecule has 1 fully saturated rings. The number of ketones is 2. The average Bonchev–Trinajstić information content (AvgIpc) is 3.42. The van der Waals surface area contributed by atoms with Gasteiger partial charge in [-0.05, 0) is 34.0 Å². The van der Waals surface area contributed by atoms with E-state index < -0.39 is 11.3 Å². The Morgan fingerprint density at radius 1 is 0.800 bits per heavy atom. The van der Waals surface area contributed by atoms with E-state index in [1.807, 2.05) is 91.0 Å². The zero-order valence-corrected chi connectivity index (χ0v) is 17.6. The molecule has 2 nitrogen and oxygen atoms in total. The van der Waals surface area contributed by atoms with Crippen molar-refractivity contribution in [3.63, 3.8) is 0 Å². The summed E-state index contributed by atoms with van der Waals surface area (Å²) in [6.07, 6.45) is 0. The van der Waals surface area contributed by atoms with E-state index in [1.54, 1.807) is 0 Å². The number of benzene rings is 4. The van der Waals surface area contributed by atoms with Crippen LogP contribution in [0.1, 0.15) is 37.8 Å². The highest BCUT2D eigenvalue weighted by Crippen LogP contribution is 2.71. The third kappa shape index (κ3) is 2.19. The van der Waals surface area contributed by atoms with Crippen LogP contribution in [0.25, 0.3) is 10.8 Å². The summed E-state index contributed by atoms with van der Waals surface area (Å²) >= 11 is 3.44. The molecule has 0 heterocycles. The number of halogens is 1. The van der Waals surface area contributed by atoms with Gasteiger partial charge in [0.05, 0.1) is 5.41 Å². The third-order valence-corrected chi connectivity index (χ3v) is 7.27. The lowest BCUT2D eigenvalue weighted by molar-refractivity contribution is 0.0892. The van der Waals surface area contributed by atoms with Crippen LogP contribution in [0, 0.1) is 5.92 Å². The molecule has 0 radical (unpaired) electrons. The highest BCUT2D eigenvalue weighted by Gasteiger charge is 2.75. The molecule has 4 aromatic rings. The Morgan fingerprint density at radius 2 is 1.50 bits per heavy atom. The van der Waals surface area contributed by atoms with Crippen molar-refractivity contribution < 1.29 is 9.59 Å². The Bertz CT molecular complexity index is 1340. The van der Waals surface area contributed by atoms with Crippen LogP contribution in [0.15, 0.2) is 95.5 Å². The number of fused-ring (bicyclic) bond motifs is 1. The molecular formula is C27H17BrO2. The van der Waals surface area contributed by atoms with Gasteiger partial charge in [0.2, 0.25) is 0 Å². The summed E-state index contributed by atoms with van der Waals surface area (Å²) in [5.41, 5.74) is 2.64. The van der Waals surface area contributed by atoms with Crippen LogP contribution in [0.3, 0.4) is 0 Å². The molecule has 4 aromatic carbocycles. The van der Waals surface area contributed by atoms with Crippen molar-refractivity contribution in [3.05, 3.63) is 118 Å². The highest BCUT2D eigenvalue weighted by atomic mass is 79.9. The molecule has 0 N–H and O–H groups in total. The van der Waals surface area contributed by atoms with E-state index in [4.69, 9.17) is 0 Å². The Kier molecular flexibility index (Phi) is 3.69. The lowest BCUT2D eigenvalue weighted by atomic mass is 9.88. The lowest BCUT2D eigenvalue weighted by Gasteiger charge is -2.11. The molecule has 0 bridgehead atoms. The summed E-state index contributed by atoms with van der Waals surface area (Å²) in [4.78, 5) is 27.6. The van der Waals surface area contributed by atoms with Gasteiger partial charge in [0, 0.05) is 27.4 Å². The van der Waals surface area contributed by atoms with Gasteiger partial charge in [-0.25, -0.2) is 0 Å². The fraction of sp³-hybridized carbons (Fsp3) is 0.111. The molecule has 3 heteroatoms. The van der Waals surface area contributed by atoms with Gasteiger partial charge in [0.25, 0.3) is 0 Å². The minimum absolute atomic E-state index is 0.0366. The minimum Gasteiger partial charge on any atom is -0.294 e. The normalized spacial score (nSPS) is 23.8. The number of Topliss-reactive ketones (excluding diaryl/α,β-unsaturated/α-hetero) is 2. The van der Waals surface area contributed by atoms with Crippen molar-refractivity contribution in [3.8, 4) is 0 Å². The van der Waals surface area contributed by atoms with Crippen LogP contribution in [-0.2, 0) is 5.41 Å². The molecule has 1 saturated carbocycles. The summed E-state index contributed by atoms with van der Waals surface area (Å²) in [6.45, 7) is 0. The maximum atomic E-state index is 13.9. The SMILES string of the molecule is O=C(c1ccc(Br)cc1)[C@@H]1[C@H](c2ccccc2)[C@@]12C(=O)c1cccc3cccc2c13. The molecular weight excluding hydrogens is 436 g/mol. The number of hydrogen-bond acceptors (Lipinski definition) is 2. The van der Waals surface area contributed by atoms with Crippen LogP contribution in [0.2, 0.25) is 0 Å². The molecule has 6 rings (SSSR count). The maximum Gasteiger partial charge on any atom is 0.175 e. The first kappa shape index (κ1) is 17.8. The molecule has 1 spiro atoms. The van der Waals surface area contributed by atoms with E-state index in [0.29, 0.717) is 5.56 Å². The molecule has 0 amide bonds. The molecule has 0 saturated heterocycles. The van der Waals surface area contributed by atoms with E-state index in [0.717, 1.165) is 31.9 Å². The van der Waals surface area contributed by atoms with Gasteiger partial charge >= 0.3 is 0 Å². The van der Waals surface area contributed by atoms with Crippen molar-refractivity contribution in [2.75, 3.05) is 0 Å². The van der Waals surface area contributed by atoms with Crippen LogP contribution in [0.5, 0.6) is 0 Å². The minimum atomic E-state index is -0.811. The molecule has 2 aliphatic rings. The first-order chi connectivity index (χ1) is 14.6. The van der Waals surface area contributed by atoms with Gasteiger partial charge in [-0.15, -0.1) is 0 Å². The monoisotopic (exact) mass is 452 g/mol. The predicted octanol–water partition coefficient (Wildman–Crippen LogP) is 6.33. The van der Waals surface area contributed by atoms with E-state index in [1.165, 1.54) is 0 Å². The summed E-state index contributed by atoms with van der Waals surface area (Å²) in [7, 11) is 0. The van der Waals surface area contributed by atoms with Crippen LogP contribution in [-0.4, -0.2) is 11.6 Å². The second kappa shape index (κ2) is 6.23. The van der Waals surface area contributed by atoms with E-state index >= 15 is 0 Å². The zero-order chi connectivity index (χ0) is 20.5. The lowest BCUT2D eigenvalue weighted by Crippen LogP contribution is -2.22. The molecule has 30 heavy (non-hydrogen) atoms. The average molecular weight is 453 g/mol. The number of hydrogen-bond donors (Lipinski definition) is 0. The van der Waals surface area contributed by atoms with Gasteiger partial charge in [-0.1, -0.05) is 94.8 Å². The molecule has 2 aliphatic carbocycles. The van der Waals surface area contributed by atoms with Gasteiger partial charge in [0.15, 0.2) is 11.6 Å².